The molecule has 1 atom stereocenters. The normalized spacial score (nSPS) is 20.7. The van der Waals surface area contributed by atoms with E-state index < -0.39 is 15.8 Å². The molecule has 0 amide bonds. The molecule has 1 aliphatic rings. The van der Waals surface area contributed by atoms with Crippen molar-refractivity contribution in [2.75, 3.05) is 13.1 Å². The van der Waals surface area contributed by atoms with E-state index in [0.717, 1.165) is 19.0 Å². The van der Waals surface area contributed by atoms with Gasteiger partial charge in [0, 0.05) is 17.1 Å². The minimum absolute atomic E-state index is 0.164. The fraction of sp³-hybridized carbons (Fsp3) is 0.400. The second-order valence-corrected chi connectivity index (χ2v) is 6.48. The standard InChI is InChI=1S/C10H12BrFN2O2S/c11-7-1-2-10(9(12)5-7)17(15,16)14-8-3-4-13-6-8/h1-2,5,8,13-14H,3-4,6H2/t8-/m0/s1. The molecule has 0 bridgehead atoms. The monoisotopic (exact) mass is 322 g/mol. The second kappa shape index (κ2) is 5.01. The minimum atomic E-state index is -3.78. The van der Waals surface area contributed by atoms with Gasteiger partial charge in [0.2, 0.25) is 10.0 Å². The molecule has 2 N–H and O–H groups in total. The first-order valence-corrected chi connectivity index (χ1v) is 7.45. The van der Waals surface area contributed by atoms with E-state index in [4.69, 9.17) is 0 Å². The molecule has 1 aromatic rings. The molecule has 0 radical (unpaired) electrons. The smallest absolute Gasteiger partial charge is 0.243 e. The highest BCUT2D eigenvalue weighted by atomic mass is 79.9. The molecule has 1 aliphatic heterocycles. The van der Waals surface area contributed by atoms with Crippen molar-refractivity contribution >= 4 is 26.0 Å². The number of hydrogen-bond acceptors (Lipinski definition) is 3. The summed E-state index contributed by atoms with van der Waals surface area (Å²) < 4.78 is 40.4. The Morgan fingerprint density at radius 3 is 2.82 bits per heavy atom. The third kappa shape index (κ3) is 3.04. The van der Waals surface area contributed by atoms with E-state index in [1.165, 1.54) is 12.1 Å². The number of nitrogens with one attached hydrogen (secondary N) is 2. The molecule has 1 aromatic carbocycles. The summed E-state index contributed by atoms with van der Waals surface area (Å²) >= 11 is 3.09. The maximum absolute atomic E-state index is 13.6. The molecule has 1 fully saturated rings. The Bertz CT molecular complexity index is 515. The van der Waals surface area contributed by atoms with E-state index >= 15 is 0 Å². The highest BCUT2D eigenvalue weighted by Crippen LogP contribution is 2.19. The van der Waals surface area contributed by atoms with Crippen LogP contribution in [-0.4, -0.2) is 27.5 Å². The van der Waals surface area contributed by atoms with Gasteiger partial charge in [-0.05, 0) is 31.2 Å². The fourth-order valence-electron chi connectivity index (χ4n) is 1.73. The average Bonchev–Trinajstić information content (AvgIpc) is 2.68. The van der Waals surface area contributed by atoms with Gasteiger partial charge in [-0.25, -0.2) is 17.5 Å². The summed E-state index contributed by atoms with van der Waals surface area (Å²) in [6, 6.07) is 3.74. The lowest BCUT2D eigenvalue weighted by Crippen LogP contribution is -2.36. The average molecular weight is 323 g/mol. The van der Waals surface area contributed by atoms with Crippen molar-refractivity contribution in [2.24, 2.45) is 0 Å². The molecule has 0 unspecified atom stereocenters. The quantitative estimate of drug-likeness (QED) is 0.880. The Kier molecular flexibility index (Phi) is 3.82. The Balaban J connectivity index is 2.24. The van der Waals surface area contributed by atoms with Crippen LogP contribution in [0.15, 0.2) is 27.6 Å². The van der Waals surface area contributed by atoms with Crippen LogP contribution >= 0.6 is 15.9 Å². The van der Waals surface area contributed by atoms with E-state index in [1.807, 2.05) is 0 Å². The van der Waals surface area contributed by atoms with Crippen molar-refractivity contribution in [3.05, 3.63) is 28.5 Å². The van der Waals surface area contributed by atoms with Gasteiger partial charge in [0.05, 0.1) is 0 Å². The molecule has 0 aliphatic carbocycles. The Morgan fingerprint density at radius 2 is 2.24 bits per heavy atom. The van der Waals surface area contributed by atoms with Crippen LogP contribution in [0.25, 0.3) is 0 Å². The van der Waals surface area contributed by atoms with Gasteiger partial charge in [-0.3, -0.25) is 0 Å². The fourth-order valence-corrected chi connectivity index (χ4v) is 3.39. The van der Waals surface area contributed by atoms with Gasteiger partial charge in [0.15, 0.2) is 0 Å². The largest absolute Gasteiger partial charge is 0.315 e. The van der Waals surface area contributed by atoms with E-state index in [-0.39, 0.29) is 10.9 Å². The lowest BCUT2D eigenvalue weighted by atomic mass is 10.3. The van der Waals surface area contributed by atoms with Crippen molar-refractivity contribution in [1.29, 1.82) is 0 Å². The van der Waals surface area contributed by atoms with E-state index in [0.29, 0.717) is 11.0 Å². The molecule has 1 heterocycles. The minimum Gasteiger partial charge on any atom is -0.315 e. The van der Waals surface area contributed by atoms with Crippen molar-refractivity contribution in [3.8, 4) is 0 Å². The number of halogens is 2. The number of benzene rings is 1. The zero-order valence-electron chi connectivity index (χ0n) is 8.91. The highest BCUT2D eigenvalue weighted by Gasteiger charge is 2.25. The molecule has 0 spiro atoms. The molecule has 4 nitrogen and oxygen atoms in total. The van der Waals surface area contributed by atoms with Crippen LogP contribution in [0, 0.1) is 5.82 Å². The summed E-state index contributed by atoms with van der Waals surface area (Å²) in [5.74, 6) is -0.752. The van der Waals surface area contributed by atoms with Crippen LogP contribution in [0.3, 0.4) is 0 Å². The maximum atomic E-state index is 13.6. The summed E-state index contributed by atoms with van der Waals surface area (Å²) in [5.41, 5.74) is 0. The van der Waals surface area contributed by atoms with Crippen LogP contribution in [0.2, 0.25) is 0 Å². The zero-order valence-corrected chi connectivity index (χ0v) is 11.3. The molecular formula is C10H12BrFN2O2S. The molecule has 1 saturated heterocycles. The van der Waals surface area contributed by atoms with Gasteiger partial charge in [-0.1, -0.05) is 15.9 Å². The molecule has 7 heteroatoms. The predicted molar refractivity (Wildman–Crippen MR) is 65.7 cm³/mol. The third-order valence-corrected chi connectivity index (χ3v) is 4.61. The molecule has 94 valence electrons. The topological polar surface area (TPSA) is 58.2 Å². The maximum Gasteiger partial charge on any atom is 0.243 e. The molecule has 2 rings (SSSR count). The second-order valence-electron chi connectivity index (χ2n) is 3.89. The van der Waals surface area contributed by atoms with Gasteiger partial charge in [-0.15, -0.1) is 0 Å². The summed E-state index contributed by atoms with van der Waals surface area (Å²) in [4.78, 5) is -0.312. The van der Waals surface area contributed by atoms with Crippen molar-refractivity contribution in [1.82, 2.24) is 10.0 Å². The summed E-state index contributed by atoms with van der Waals surface area (Å²) in [6.07, 6.45) is 0.720. The van der Waals surface area contributed by atoms with Crippen LogP contribution in [0.5, 0.6) is 0 Å². The van der Waals surface area contributed by atoms with Crippen LogP contribution in [0.1, 0.15) is 6.42 Å². The predicted octanol–water partition coefficient (Wildman–Crippen LogP) is 1.23. The van der Waals surface area contributed by atoms with E-state index in [9.17, 15) is 12.8 Å². The summed E-state index contributed by atoms with van der Waals surface area (Å²) in [7, 11) is -3.78. The van der Waals surface area contributed by atoms with Crippen molar-refractivity contribution < 1.29 is 12.8 Å². The Hall–Kier alpha value is -0.500. The number of hydrogen-bond donors (Lipinski definition) is 2. The Morgan fingerprint density at radius 1 is 1.47 bits per heavy atom. The van der Waals surface area contributed by atoms with E-state index in [1.54, 1.807) is 0 Å². The van der Waals surface area contributed by atoms with Crippen molar-refractivity contribution in [2.45, 2.75) is 17.4 Å². The first-order valence-electron chi connectivity index (χ1n) is 5.17. The van der Waals surface area contributed by atoms with Gasteiger partial charge in [-0.2, -0.15) is 0 Å². The van der Waals surface area contributed by atoms with Gasteiger partial charge >= 0.3 is 0 Å². The molecular weight excluding hydrogens is 311 g/mol. The van der Waals surface area contributed by atoms with Crippen LogP contribution in [0.4, 0.5) is 4.39 Å². The zero-order chi connectivity index (χ0) is 12.5. The number of sulfonamides is 1. The van der Waals surface area contributed by atoms with Gasteiger partial charge < -0.3 is 5.32 Å². The van der Waals surface area contributed by atoms with Gasteiger partial charge in [0.1, 0.15) is 10.7 Å². The Labute approximate surface area is 108 Å². The lowest BCUT2D eigenvalue weighted by molar-refractivity contribution is 0.542. The van der Waals surface area contributed by atoms with Crippen LogP contribution in [-0.2, 0) is 10.0 Å². The molecule has 17 heavy (non-hydrogen) atoms. The summed E-state index contributed by atoms with van der Waals surface area (Å²) in [5, 5.41) is 3.04. The molecule has 0 aromatic heterocycles. The third-order valence-electron chi connectivity index (χ3n) is 2.57. The molecule has 0 saturated carbocycles. The SMILES string of the molecule is O=S(=O)(N[C@H]1CCNC1)c1ccc(Br)cc1F. The lowest BCUT2D eigenvalue weighted by Gasteiger charge is -2.12. The first kappa shape index (κ1) is 12.9. The first-order chi connectivity index (χ1) is 7.99. The highest BCUT2D eigenvalue weighted by molar-refractivity contribution is 9.10. The van der Waals surface area contributed by atoms with Gasteiger partial charge in [0.25, 0.3) is 0 Å². The summed E-state index contributed by atoms with van der Waals surface area (Å²) in [6.45, 7) is 1.35. The number of rotatable bonds is 3. The van der Waals surface area contributed by atoms with Crippen LogP contribution < -0.4 is 10.0 Å². The van der Waals surface area contributed by atoms with Crippen molar-refractivity contribution in [3.63, 3.8) is 0 Å². The van der Waals surface area contributed by atoms with E-state index in [2.05, 4.69) is 26.0 Å².